The molecular formula is C23H25N2O6P. The van der Waals surface area contributed by atoms with Gasteiger partial charge in [0.05, 0.1) is 0 Å². The molecule has 1 aliphatic carbocycles. The Kier molecular flexibility index (Phi) is 7.26. The van der Waals surface area contributed by atoms with Crippen molar-refractivity contribution in [2.75, 3.05) is 6.29 Å². The van der Waals surface area contributed by atoms with Gasteiger partial charge < -0.3 is 25.7 Å². The van der Waals surface area contributed by atoms with E-state index in [1.165, 1.54) is 29.7 Å². The predicted octanol–water partition coefficient (Wildman–Crippen LogP) is 2.44. The summed E-state index contributed by atoms with van der Waals surface area (Å²) in [6, 6.07) is 24.4. The van der Waals surface area contributed by atoms with Crippen LogP contribution in [0.2, 0.25) is 0 Å². The first kappa shape index (κ1) is 23.8. The molecule has 2 atom stereocenters. The number of carboxylic acids is 1. The largest absolute Gasteiger partial charge is 0.479 e. The average Bonchev–Trinajstić information content (AvgIpc) is 3.57. The molecule has 9 heteroatoms. The number of aliphatic carboxylic acids is 1. The van der Waals surface area contributed by atoms with E-state index in [0.29, 0.717) is 0 Å². The number of benzene rings is 3. The van der Waals surface area contributed by atoms with E-state index >= 15 is 0 Å². The van der Waals surface area contributed by atoms with Gasteiger partial charge in [-0.2, -0.15) is 0 Å². The number of nitrogens with one attached hydrogen (secondary N) is 1. The van der Waals surface area contributed by atoms with Crippen LogP contribution in [0.15, 0.2) is 78.9 Å². The summed E-state index contributed by atoms with van der Waals surface area (Å²) >= 11 is 0. The van der Waals surface area contributed by atoms with E-state index in [2.05, 4.69) is 24.3 Å². The molecule has 0 heterocycles. The van der Waals surface area contributed by atoms with Crippen LogP contribution in [0.3, 0.4) is 0 Å². The Morgan fingerprint density at radius 1 is 0.938 bits per heavy atom. The third kappa shape index (κ3) is 6.11. The van der Waals surface area contributed by atoms with Crippen LogP contribution in [-0.2, 0) is 15.8 Å². The first-order chi connectivity index (χ1) is 15.1. The summed E-state index contributed by atoms with van der Waals surface area (Å²) in [5, 5.41) is 21.7. The molecule has 0 aromatic heterocycles. The monoisotopic (exact) mass is 456 g/mol. The molecule has 0 spiro atoms. The lowest BCUT2D eigenvalue weighted by Gasteiger charge is -2.31. The second kappa shape index (κ2) is 9.75. The summed E-state index contributed by atoms with van der Waals surface area (Å²) in [4.78, 5) is 29.2. The van der Waals surface area contributed by atoms with Gasteiger partial charge in [-0.1, -0.05) is 78.9 Å². The highest BCUT2D eigenvalue weighted by Crippen LogP contribution is 2.34. The SMILES string of the molecule is NC(NCP(=O)(O)O)(C(=O)O)C(O)c1ccc(-c2ccccc2)cc1.c1ccc2c(c1)C2. The summed E-state index contributed by atoms with van der Waals surface area (Å²) < 4.78 is 11.0. The van der Waals surface area contributed by atoms with E-state index in [9.17, 15) is 19.6 Å². The Labute approximate surface area is 185 Å². The minimum atomic E-state index is -4.55. The molecule has 0 fully saturated rings. The van der Waals surface area contributed by atoms with Gasteiger partial charge in [-0.3, -0.25) is 9.88 Å². The topological polar surface area (TPSA) is 153 Å². The average molecular weight is 456 g/mol. The lowest BCUT2D eigenvalue weighted by atomic mass is 9.94. The van der Waals surface area contributed by atoms with Crippen molar-refractivity contribution in [1.29, 1.82) is 0 Å². The van der Waals surface area contributed by atoms with Crippen molar-refractivity contribution in [3.05, 3.63) is 95.6 Å². The zero-order valence-electron chi connectivity index (χ0n) is 17.1. The summed E-state index contributed by atoms with van der Waals surface area (Å²) in [5.74, 6) is -1.64. The van der Waals surface area contributed by atoms with Gasteiger partial charge in [-0.05, 0) is 34.2 Å². The molecule has 8 nitrogen and oxygen atoms in total. The highest BCUT2D eigenvalue weighted by molar-refractivity contribution is 7.51. The minimum absolute atomic E-state index is 0.197. The summed E-state index contributed by atoms with van der Waals surface area (Å²) in [5.41, 5.74) is 8.28. The van der Waals surface area contributed by atoms with E-state index in [0.717, 1.165) is 11.1 Å². The Hall–Kier alpha value is -2.84. The number of hydrogen-bond donors (Lipinski definition) is 6. The molecule has 0 radical (unpaired) electrons. The third-order valence-corrected chi connectivity index (χ3v) is 5.64. The number of fused-ring (bicyclic) bond motifs is 1. The second-order valence-electron chi connectivity index (χ2n) is 7.51. The standard InChI is InChI=1S/C16H19N2O6P.C7H6/c17-16(15(20)21,18-10-25(22,23)24)14(19)13-8-6-12(7-9-13)11-4-2-1-3-5-11;1-2-4-7-5-6(7)3-1/h1-9,14,18-19H,10,17H2,(H,20,21)(H2,22,23,24);1-4H,5H2. The number of hydrogen-bond acceptors (Lipinski definition) is 5. The molecule has 3 aromatic rings. The maximum absolute atomic E-state index is 11.4. The summed E-state index contributed by atoms with van der Waals surface area (Å²) in [6.07, 6.45) is -1.46. The Balaban J connectivity index is 0.000000343. The van der Waals surface area contributed by atoms with E-state index in [1.807, 2.05) is 35.6 Å². The van der Waals surface area contributed by atoms with Gasteiger partial charge in [-0.15, -0.1) is 0 Å². The van der Waals surface area contributed by atoms with Crippen molar-refractivity contribution in [2.45, 2.75) is 18.2 Å². The van der Waals surface area contributed by atoms with Crippen LogP contribution in [-0.4, -0.2) is 37.9 Å². The molecule has 0 amide bonds. The first-order valence-corrected chi connectivity index (χ1v) is 11.6. The Morgan fingerprint density at radius 2 is 1.44 bits per heavy atom. The van der Waals surface area contributed by atoms with E-state index < -0.39 is 31.6 Å². The zero-order chi connectivity index (χ0) is 23.4. The molecule has 0 aliphatic heterocycles. The van der Waals surface area contributed by atoms with Crippen molar-refractivity contribution in [1.82, 2.24) is 5.32 Å². The predicted molar refractivity (Wildman–Crippen MR) is 121 cm³/mol. The van der Waals surface area contributed by atoms with Crippen LogP contribution in [0.1, 0.15) is 22.8 Å². The minimum Gasteiger partial charge on any atom is -0.479 e. The molecule has 32 heavy (non-hydrogen) atoms. The van der Waals surface area contributed by atoms with Crippen LogP contribution in [0.5, 0.6) is 0 Å². The van der Waals surface area contributed by atoms with E-state index in [4.69, 9.17) is 15.5 Å². The van der Waals surface area contributed by atoms with Gasteiger partial charge in [0.15, 0.2) is 5.66 Å². The van der Waals surface area contributed by atoms with Crippen LogP contribution in [0, 0.1) is 0 Å². The molecule has 3 aromatic carbocycles. The maximum Gasteiger partial charge on any atom is 0.341 e. The van der Waals surface area contributed by atoms with Gasteiger partial charge in [0, 0.05) is 0 Å². The Morgan fingerprint density at radius 3 is 1.91 bits per heavy atom. The van der Waals surface area contributed by atoms with E-state index in [-0.39, 0.29) is 5.56 Å². The normalized spacial score (nSPS) is 14.9. The van der Waals surface area contributed by atoms with Gasteiger partial charge in [0.2, 0.25) is 0 Å². The third-order valence-electron chi connectivity index (χ3n) is 5.07. The quantitative estimate of drug-likeness (QED) is 0.183. The number of nitrogens with two attached hydrogens (primary N) is 1. The smallest absolute Gasteiger partial charge is 0.341 e. The molecule has 7 N–H and O–H groups in total. The fraction of sp³-hybridized carbons (Fsp3) is 0.174. The fourth-order valence-electron chi connectivity index (χ4n) is 3.11. The highest BCUT2D eigenvalue weighted by atomic mass is 31.2. The highest BCUT2D eigenvalue weighted by Gasteiger charge is 2.43. The zero-order valence-corrected chi connectivity index (χ0v) is 18.0. The van der Waals surface area contributed by atoms with Crippen LogP contribution >= 0.6 is 7.60 Å². The van der Waals surface area contributed by atoms with Crippen LogP contribution in [0.4, 0.5) is 0 Å². The van der Waals surface area contributed by atoms with Crippen molar-refractivity contribution in [3.8, 4) is 11.1 Å². The Bertz CT molecular complexity index is 1100. The van der Waals surface area contributed by atoms with Gasteiger partial charge in [0.1, 0.15) is 12.4 Å². The summed E-state index contributed by atoms with van der Waals surface area (Å²) in [6.45, 7) is 0. The lowest BCUT2D eigenvalue weighted by molar-refractivity contribution is -0.150. The molecule has 1 aliphatic rings. The summed E-state index contributed by atoms with van der Waals surface area (Å²) in [7, 11) is -4.55. The van der Waals surface area contributed by atoms with Crippen molar-refractivity contribution in [3.63, 3.8) is 0 Å². The molecule has 0 saturated heterocycles. The van der Waals surface area contributed by atoms with Crippen LogP contribution in [0.25, 0.3) is 11.1 Å². The molecule has 0 bridgehead atoms. The molecule has 2 unspecified atom stereocenters. The van der Waals surface area contributed by atoms with E-state index in [1.54, 1.807) is 12.1 Å². The second-order valence-corrected chi connectivity index (χ2v) is 9.16. The van der Waals surface area contributed by atoms with Gasteiger partial charge in [0.25, 0.3) is 0 Å². The van der Waals surface area contributed by atoms with Crippen molar-refractivity contribution >= 4 is 13.6 Å². The van der Waals surface area contributed by atoms with Crippen LogP contribution < -0.4 is 11.1 Å². The number of carbonyl (C=O) groups is 1. The molecule has 0 saturated carbocycles. The molecule has 168 valence electrons. The lowest BCUT2D eigenvalue weighted by Crippen LogP contribution is -2.63. The van der Waals surface area contributed by atoms with Gasteiger partial charge in [-0.25, -0.2) is 4.79 Å². The number of aliphatic hydroxyl groups excluding tert-OH is 1. The first-order valence-electron chi connectivity index (χ1n) is 9.82. The molecular weight excluding hydrogens is 431 g/mol. The number of aliphatic hydroxyl groups is 1. The van der Waals surface area contributed by atoms with Crippen molar-refractivity contribution in [2.24, 2.45) is 5.73 Å². The molecule has 4 rings (SSSR count). The van der Waals surface area contributed by atoms with Crippen molar-refractivity contribution < 1.29 is 29.4 Å². The number of rotatable bonds is 7. The fourth-order valence-corrected chi connectivity index (χ4v) is 3.58. The van der Waals surface area contributed by atoms with Gasteiger partial charge >= 0.3 is 13.6 Å². The number of carboxylic acid groups (broad SMARTS) is 1. The maximum atomic E-state index is 11.4.